The number of carbonyl (C=O) groups excluding carboxylic acids is 2. The molecule has 0 aliphatic carbocycles. The van der Waals surface area contributed by atoms with E-state index in [1.54, 1.807) is 31.2 Å². The highest BCUT2D eigenvalue weighted by Crippen LogP contribution is 2.30. The Bertz CT molecular complexity index is 1050. The summed E-state index contributed by atoms with van der Waals surface area (Å²) in [5, 5.41) is 14.8. The molecule has 0 aliphatic heterocycles. The van der Waals surface area contributed by atoms with Crippen LogP contribution in [0.25, 0.3) is 21.7 Å². The van der Waals surface area contributed by atoms with Crippen LogP contribution >= 0.6 is 0 Å². The van der Waals surface area contributed by atoms with Gasteiger partial charge in [-0.05, 0) is 30.5 Å². The Hall–Kier alpha value is -3.35. The second-order valence-corrected chi connectivity index (χ2v) is 5.76. The van der Waals surface area contributed by atoms with Gasteiger partial charge in [0.25, 0.3) is 5.91 Å². The summed E-state index contributed by atoms with van der Waals surface area (Å²) in [5.41, 5.74) is 0.574. The van der Waals surface area contributed by atoms with E-state index in [1.807, 2.05) is 12.1 Å². The number of carboxylic acids is 1. The van der Waals surface area contributed by atoms with Crippen molar-refractivity contribution in [3.63, 3.8) is 0 Å². The van der Waals surface area contributed by atoms with Gasteiger partial charge in [0.15, 0.2) is 6.61 Å². The fraction of sp³-hybridized carbons (Fsp3) is 0.211. The lowest BCUT2D eigenvalue weighted by Crippen LogP contribution is -2.33. The fourth-order valence-electron chi connectivity index (χ4n) is 2.72. The van der Waals surface area contributed by atoms with Crippen molar-refractivity contribution in [3.8, 4) is 5.75 Å². The van der Waals surface area contributed by atoms with Crippen LogP contribution in [0.3, 0.4) is 0 Å². The Kier molecular flexibility index (Phi) is 4.88. The minimum absolute atomic E-state index is 0.0257. The summed E-state index contributed by atoms with van der Waals surface area (Å²) in [5.74, 6) is -1.28. The standard InChI is InChI=1S/C19H17NO6/c1-11-15(25-10-16(21)20-9-8-17(22)23)7-6-13-12-4-2-3-5-14(12)19(24)26-18(11)13/h2-7H,8-10H2,1H3,(H,20,21)(H,22,23)/p-1. The van der Waals surface area contributed by atoms with Crippen molar-refractivity contribution in [1.82, 2.24) is 5.32 Å². The first-order valence-electron chi connectivity index (χ1n) is 8.02. The summed E-state index contributed by atoms with van der Waals surface area (Å²) in [6, 6.07) is 10.7. The third-order valence-corrected chi connectivity index (χ3v) is 4.00. The molecule has 134 valence electrons. The Morgan fingerprint density at radius 3 is 2.58 bits per heavy atom. The molecule has 3 aromatic rings. The topological polar surface area (TPSA) is 109 Å². The van der Waals surface area contributed by atoms with Crippen molar-refractivity contribution in [1.29, 1.82) is 0 Å². The van der Waals surface area contributed by atoms with E-state index in [2.05, 4.69) is 5.32 Å². The first kappa shape index (κ1) is 17.5. The molecule has 7 nitrogen and oxygen atoms in total. The van der Waals surface area contributed by atoms with Gasteiger partial charge in [0.2, 0.25) is 0 Å². The number of rotatable bonds is 6. The summed E-state index contributed by atoms with van der Waals surface area (Å²) in [7, 11) is 0. The number of benzene rings is 2. The number of nitrogens with one attached hydrogen (secondary N) is 1. The molecule has 0 bridgehead atoms. The maximum atomic E-state index is 12.2. The zero-order valence-corrected chi connectivity index (χ0v) is 14.0. The van der Waals surface area contributed by atoms with E-state index in [9.17, 15) is 19.5 Å². The largest absolute Gasteiger partial charge is 0.550 e. The number of amides is 1. The smallest absolute Gasteiger partial charge is 0.344 e. The van der Waals surface area contributed by atoms with E-state index in [4.69, 9.17) is 9.15 Å². The van der Waals surface area contributed by atoms with Crippen LogP contribution in [0.15, 0.2) is 45.6 Å². The average molecular weight is 354 g/mol. The minimum Gasteiger partial charge on any atom is -0.550 e. The number of hydrogen-bond acceptors (Lipinski definition) is 6. The molecule has 3 rings (SSSR count). The molecular weight excluding hydrogens is 338 g/mol. The Morgan fingerprint density at radius 1 is 1.12 bits per heavy atom. The van der Waals surface area contributed by atoms with Gasteiger partial charge < -0.3 is 24.4 Å². The molecule has 1 amide bonds. The predicted octanol–water partition coefficient (Wildman–Crippen LogP) is 0.890. The molecule has 1 N–H and O–H groups in total. The molecule has 0 unspecified atom stereocenters. The Balaban J connectivity index is 1.84. The molecule has 0 atom stereocenters. The van der Waals surface area contributed by atoms with Gasteiger partial charge in [-0.2, -0.15) is 0 Å². The molecule has 2 aromatic carbocycles. The van der Waals surface area contributed by atoms with E-state index in [1.165, 1.54) is 0 Å². The highest BCUT2D eigenvalue weighted by atomic mass is 16.5. The maximum Gasteiger partial charge on any atom is 0.344 e. The lowest BCUT2D eigenvalue weighted by molar-refractivity contribution is -0.305. The number of carboxylic acid groups (broad SMARTS) is 1. The van der Waals surface area contributed by atoms with Crippen molar-refractivity contribution in [3.05, 3.63) is 52.4 Å². The lowest BCUT2D eigenvalue weighted by atomic mass is 10.0. The summed E-state index contributed by atoms with van der Waals surface area (Å²) in [6.07, 6.45) is -0.265. The third kappa shape index (κ3) is 3.51. The second-order valence-electron chi connectivity index (χ2n) is 5.76. The molecule has 0 fully saturated rings. The SMILES string of the molecule is Cc1c(OCC(=O)NCCC(=O)[O-])ccc2c1oc(=O)c1ccccc12. The maximum absolute atomic E-state index is 12.2. The van der Waals surface area contributed by atoms with Gasteiger partial charge in [0.1, 0.15) is 11.3 Å². The summed E-state index contributed by atoms with van der Waals surface area (Å²) < 4.78 is 10.9. The average Bonchev–Trinajstić information content (AvgIpc) is 2.62. The molecule has 1 aromatic heterocycles. The fourth-order valence-corrected chi connectivity index (χ4v) is 2.72. The molecule has 0 spiro atoms. The zero-order chi connectivity index (χ0) is 18.7. The van der Waals surface area contributed by atoms with Crippen molar-refractivity contribution in [2.75, 3.05) is 13.2 Å². The number of aliphatic carboxylic acids is 1. The first-order valence-corrected chi connectivity index (χ1v) is 8.02. The number of hydrogen-bond donors (Lipinski definition) is 1. The van der Waals surface area contributed by atoms with Crippen LogP contribution in [0.4, 0.5) is 0 Å². The molecule has 1 heterocycles. The van der Waals surface area contributed by atoms with Gasteiger partial charge in [-0.3, -0.25) is 4.79 Å². The van der Waals surface area contributed by atoms with Crippen LogP contribution in [-0.2, 0) is 9.59 Å². The summed E-state index contributed by atoms with van der Waals surface area (Å²) >= 11 is 0. The highest BCUT2D eigenvalue weighted by molar-refractivity contribution is 6.05. The summed E-state index contributed by atoms with van der Waals surface area (Å²) in [6.45, 7) is 1.43. The number of fused-ring (bicyclic) bond motifs is 3. The van der Waals surface area contributed by atoms with Crippen molar-refractivity contribution >= 4 is 33.6 Å². The normalized spacial score (nSPS) is 10.8. The van der Waals surface area contributed by atoms with E-state index < -0.39 is 17.5 Å². The van der Waals surface area contributed by atoms with Crippen molar-refractivity contribution in [2.45, 2.75) is 13.3 Å². The number of ether oxygens (including phenoxy) is 1. The molecular formula is C19H16NO6-. The highest BCUT2D eigenvalue weighted by Gasteiger charge is 2.13. The van der Waals surface area contributed by atoms with Gasteiger partial charge in [0.05, 0.1) is 5.39 Å². The molecule has 0 aliphatic rings. The van der Waals surface area contributed by atoms with Crippen LogP contribution < -0.4 is 20.8 Å². The van der Waals surface area contributed by atoms with E-state index in [0.717, 1.165) is 10.8 Å². The van der Waals surface area contributed by atoms with Crippen LogP contribution in [0.5, 0.6) is 5.75 Å². The number of carbonyl (C=O) groups is 2. The Labute approximate surface area is 148 Å². The van der Waals surface area contributed by atoms with Gasteiger partial charge >= 0.3 is 5.63 Å². The quantitative estimate of drug-likeness (QED) is 0.520. The molecule has 0 saturated heterocycles. The van der Waals surface area contributed by atoms with E-state index in [0.29, 0.717) is 22.3 Å². The van der Waals surface area contributed by atoms with Crippen LogP contribution in [-0.4, -0.2) is 25.0 Å². The number of aryl methyl sites for hydroxylation is 1. The molecule has 0 saturated carbocycles. The predicted molar refractivity (Wildman–Crippen MR) is 92.9 cm³/mol. The van der Waals surface area contributed by atoms with Crippen LogP contribution in [0.1, 0.15) is 12.0 Å². The van der Waals surface area contributed by atoms with Gasteiger partial charge in [-0.15, -0.1) is 0 Å². The Morgan fingerprint density at radius 2 is 1.85 bits per heavy atom. The first-order chi connectivity index (χ1) is 12.5. The molecule has 26 heavy (non-hydrogen) atoms. The van der Waals surface area contributed by atoms with Crippen molar-refractivity contribution in [2.24, 2.45) is 0 Å². The minimum atomic E-state index is -1.24. The van der Waals surface area contributed by atoms with Crippen molar-refractivity contribution < 1.29 is 23.8 Å². The van der Waals surface area contributed by atoms with Gasteiger partial charge in [-0.1, -0.05) is 18.2 Å². The second kappa shape index (κ2) is 7.26. The van der Waals surface area contributed by atoms with E-state index >= 15 is 0 Å². The molecule has 7 heteroatoms. The van der Waals surface area contributed by atoms with Gasteiger partial charge in [-0.25, -0.2) is 4.79 Å². The van der Waals surface area contributed by atoms with Crippen LogP contribution in [0.2, 0.25) is 0 Å². The van der Waals surface area contributed by atoms with Crippen LogP contribution in [0, 0.1) is 6.92 Å². The zero-order valence-electron chi connectivity index (χ0n) is 14.0. The summed E-state index contributed by atoms with van der Waals surface area (Å²) in [4.78, 5) is 34.2. The van der Waals surface area contributed by atoms with E-state index in [-0.39, 0.29) is 19.6 Å². The van der Waals surface area contributed by atoms with Gasteiger partial charge in [0, 0.05) is 29.9 Å². The lowest BCUT2D eigenvalue weighted by Gasteiger charge is -2.12. The third-order valence-electron chi connectivity index (χ3n) is 4.00. The molecule has 0 radical (unpaired) electrons. The monoisotopic (exact) mass is 354 g/mol.